The van der Waals surface area contributed by atoms with Gasteiger partial charge >= 0.3 is 5.97 Å². The molecule has 1 heterocycles. The van der Waals surface area contributed by atoms with Crippen LogP contribution in [0.3, 0.4) is 0 Å². The summed E-state index contributed by atoms with van der Waals surface area (Å²) in [5, 5.41) is 10.8. The van der Waals surface area contributed by atoms with Crippen LogP contribution in [0.25, 0.3) is 0 Å². The van der Waals surface area contributed by atoms with Gasteiger partial charge in [-0.3, -0.25) is 9.69 Å². The second-order valence-corrected chi connectivity index (χ2v) is 5.89. The molecule has 0 atom stereocenters. The molecule has 1 aromatic rings. The van der Waals surface area contributed by atoms with Gasteiger partial charge in [0.05, 0.1) is 6.42 Å². The van der Waals surface area contributed by atoms with Crippen LogP contribution in [0.2, 0.25) is 0 Å². The highest BCUT2D eigenvalue weighted by Crippen LogP contribution is 2.31. The molecule has 1 fully saturated rings. The molecule has 1 N–H and O–H groups in total. The molecule has 3 nitrogen and oxygen atoms in total. The molecular weight excluding hydrogens is 290 g/mol. The third kappa shape index (κ3) is 3.30. The normalized spacial score (nSPS) is 15.6. The fourth-order valence-corrected chi connectivity index (χ4v) is 3.19. The maximum Gasteiger partial charge on any atom is 0.304 e. The van der Waals surface area contributed by atoms with Crippen molar-refractivity contribution in [2.45, 2.75) is 31.8 Å². The van der Waals surface area contributed by atoms with E-state index < -0.39 is 5.97 Å². The predicted molar refractivity (Wildman–Crippen MR) is 67.7 cm³/mol. The molecule has 0 aromatic carbocycles. The highest BCUT2D eigenvalue weighted by molar-refractivity contribution is 9.10. The summed E-state index contributed by atoms with van der Waals surface area (Å²) in [7, 11) is 0. The van der Waals surface area contributed by atoms with Crippen LogP contribution < -0.4 is 0 Å². The number of halogens is 1. The lowest BCUT2D eigenvalue weighted by Gasteiger charge is -2.20. The molecule has 1 aliphatic rings. The van der Waals surface area contributed by atoms with Gasteiger partial charge in [-0.1, -0.05) is 0 Å². The Hall–Kier alpha value is -0.390. The Morgan fingerprint density at radius 1 is 1.62 bits per heavy atom. The van der Waals surface area contributed by atoms with Gasteiger partial charge in [0.2, 0.25) is 0 Å². The lowest BCUT2D eigenvalue weighted by atomic mass is 10.3. The van der Waals surface area contributed by atoms with E-state index in [9.17, 15) is 4.79 Å². The molecule has 2 rings (SSSR count). The number of aliphatic carboxylic acids is 1. The lowest BCUT2D eigenvalue weighted by Crippen LogP contribution is -2.27. The Bertz CT molecular complexity index is 376. The standard InChI is InChI=1S/C11H14BrNO2S/c12-9-4-6-16-10(9)7-13(8-1-2-8)5-3-11(14)15/h4,6,8H,1-3,5,7H2,(H,14,15). The van der Waals surface area contributed by atoms with E-state index in [1.54, 1.807) is 11.3 Å². The minimum Gasteiger partial charge on any atom is -0.481 e. The van der Waals surface area contributed by atoms with Gasteiger partial charge in [-0.25, -0.2) is 0 Å². The van der Waals surface area contributed by atoms with Crippen LogP contribution in [-0.2, 0) is 11.3 Å². The lowest BCUT2D eigenvalue weighted by molar-refractivity contribution is -0.137. The summed E-state index contributed by atoms with van der Waals surface area (Å²) in [4.78, 5) is 14.2. The van der Waals surface area contributed by atoms with Gasteiger partial charge in [-0.05, 0) is 40.2 Å². The van der Waals surface area contributed by atoms with Crippen molar-refractivity contribution in [1.29, 1.82) is 0 Å². The van der Waals surface area contributed by atoms with Crippen molar-refractivity contribution in [3.8, 4) is 0 Å². The summed E-state index contributed by atoms with van der Waals surface area (Å²) in [5.41, 5.74) is 0. The first-order valence-electron chi connectivity index (χ1n) is 5.34. The number of carbonyl (C=O) groups is 1. The minimum absolute atomic E-state index is 0.236. The predicted octanol–water partition coefficient (Wildman–Crippen LogP) is 2.95. The van der Waals surface area contributed by atoms with Crippen LogP contribution in [0.5, 0.6) is 0 Å². The largest absolute Gasteiger partial charge is 0.481 e. The second kappa shape index (κ2) is 5.29. The maximum atomic E-state index is 10.6. The van der Waals surface area contributed by atoms with Crippen molar-refractivity contribution in [3.05, 3.63) is 20.8 Å². The molecule has 1 aliphatic carbocycles. The highest BCUT2D eigenvalue weighted by atomic mass is 79.9. The third-order valence-electron chi connectivity index (χ3n) is 2.71. The maximum absolute atomic E-state index is 10.6. The Kier molecular flexibility index (Phi) is 4.00. The Morgan fingerprint density at radius 3 is 2.88 bits per heavy atom. The molecule has 5 heteroatoms. The van der Waals surface area contributed by atoms with Crippen molar-refractivity contribution in [2.75, 3.05) is 6.54 Å². The van der Waals surface area contributed by atoms with Crippen molar-refractivity contribution < 1.29 is 9.90 Å². The van der Waals surface area contributed by atoms with Crippen LogP contribution in [0, 0.1) is 0 Å². The van der Waals surface area contributed by atoms with E-state index in [0.29, 0.717) is 12.6 Å². The summed E-state index contributed by atoms with van der Waals surface area (Å²) in [5.74, 6) is -0.712. The molecule has 0 radical (unpaired) electrons. The van der Waals surface area contributed by atoms with E-state index in [4.69, 9.17) is 5.11 Å². The van der Waals surface area contributed by atoms with Gasteiger partial charge in [-0.15, -0.1) is 11.3 Å². The fraction of sp³-hybridized carbons (Fsp3) is 0.545. The molecule has 0 spiro atoms. The first-order chi connectivity index (χ1) is 7.66. The van der Waals surface area contributed by atoms with Crippen LogP contribution >= 0.6 is 27.3 Å². The Labute approximate surface area is 107 Å². The number of hydrogen-bond donors (Lipinski definition) is 1. The first kappa shape index (κ1) is 12.1. The molecule has 0 amide bonds. The molecule has 88 valence electrons. The third-order valence-corrected chi connectivity index (χ3v) is 4.62. The minimum atomic E-state index is -0.712. The van der Waals surface area contributed by atoms with Gasteiger partial charge in [0.15, 0.2) is 0 Å². The number of thiophene rings is 1. The summed E-state index contributed by atoms with van der Waals surface area (Å²) in [6.45, 7) is 1.53. The smallest absolute Gasteiger partial charge is 0.304 e. The molecule has 1 saturated carbocycles. The van der Waals surface area contributed by atoms with Crippen molar-refractivity contribution in [2.24, 2.45) is 0 Å². The Balaban J connectivity index is 1.92. The van der Waals surface area contributed by atoms with Crippen LogP contribution in [-0.4, -0.2) is 28.6 Å². The van der Waals surface area contributed by atoms with Gasteiger partial charge in [0.1, 0.15) is 0 Å². The molecule has 1 aromatic heterocycles. The van der Waals surface area contributed by atoms with E-state index >= 15 is 0 Å². The van der Waals surface area contributed by atoms with Crippen LogP contribution in [0.4, 0.5) is 0 Å². The Morgan fingerprint density at radius 2 is 2.38 bits per heavy atom. The monoisotopic (exact) mass is 303 g/mol. The van der Waals surface area contributed by atoms with Crippen LogP contribution in [0.15, 0.2) is 15.9 Å². The fourth-order valence-electron chi connectivity index (χ4n) is 1.69. The van der Waals surface area contributed by atoms with E-state index in [-0.39, 0.29) is 6.42 Å². The van der Waals surface area contributed by atoms with Crippen molar-refractivity contribution >= 4 is 33.2 Å². The molecular formula is C11H14BrNO2S. The van der Waals surface area contributed by atoms with E-state index in [1.807, 2.05) is 6.07 Å². The number of nitrogens with zero attached hydrogens (tertiary/aromatic N) is 1. The van der Waals surface area contributed by atoms with Crippen molar-refractivity contribution in [3.63, 3.8) is 0 Å². The highest BCUT2D eigenvalue weighted by Gasteiger charge is 2.29. The van der Waals surface area contributed by atoms with E-state index in [0.717, 1.165) is 11.0 Å². The summed E-state index contributed by atoms with van der Waals surface area (Å²) >= 11 is 5.23. The number of carboxylic acid groups (broad SMARTS) is 1. The summed E-state index contributed by atoms with van der Waals surface area (Å²) in [6, 6.07) is 2.65. The first-order valence-corrected chi connectivity index (χ1v) is 7.02. The average molecular weight is 304 g/mol. The summed E-state index contributed by atoms with van der Waals surface area (Å²) in [6.07, 6.45) is 2.66. The zero-order chi connectivity index (χ0) is 11.5. The van der Waals surface area contributed by atoms with Gasteiger partial charge in [-0.2, -0.15) is 0 Å². The molecule has 0 aliphatic heterocycles. The molecule has 0 unspecified atom stereocenters. The second-order valence-electron chi connectivity index (χ2n) is 4.04. The van der Waals surface area contributed by atoms with Crippen molar-refractivity contribution in [1.82, 2.24) is 4.90 Å². The van der Waals surface area contributed by atoms with Gasteiger partial charge in [0, 0.05) is 28.5 Å². The van der Waals surface area contributed by atoms with E-state index in [1.165, 1.54) is 17.7 Å². The molecule has 0 bridgehead atoms. The van der Waals surface area contributed by atoms with Gasteiger partial charge in [0.25, 0.3) is 0 Å². The zero-order valence-electron chi connectivity index (χ0n) is 8.86. The average Bonchev–Trinajstić information content (AvgIpc) is 2.99. The van der Waals surface area contributed by atoms with Gasteiger partial charge < -0.3 is 5.11 Å². The number of carboxylic acids is 1. The quantitative estimate of drug-likeness (QED) is 0.878. The van der Waals surface area contributed by atoms with Crippen LogP contribution in [0.1, 0.15) is 24.1 Å². The number of rotatable bonds is 6. The number of hydrogen-bond acceptors (Lipinski definition) is 3. The van der Waals surface area contributed by atoms with E-state index in [2.05, 4.69) is 26.2 Å². The molecule has 0 saturated heterocycles. The molecule has 16 heavy (non-hydrogen) atoms. The topological polar surface area (TPSA) is 40.5 Å². The SMILES string of the molecule is O=C(O)CCN(Cc1sccc1Br)C1CC1. The zero-order valence-corrected chi connectivity index (χ0v) is 11.3. The summed E-state index contributed by atoms with van der Waals surface area (Å²) < 4.78 is 1.14.